The fraction of sp³-hybridized carbons (Fsp3) is 0.938. The van der Waals surface area contributed by atoms with Gasteiger partial charge in [-0.15, -0.1) is 0 Å². The lowest BCUT2D eigenvalue weighted by molar-refractivity contribution is 0.0582. The lowest BCUT2D eigenvalue weighted by Crippen LogP contribution is -2.40. The zero-order valence-corrected chi connectivity index (χ0v) is 15.5. The van der Waals surface area contributed by atoms with Crippen molar-refractivity contribution in [2.75, 3.05) is 52.6 Å². The standard InChI is InChI=1S/C16H34N4OS/c1-5-17-16(19-13-15-8-7-11-22-15)18-12-14(21-6-2)9-10-20(3)4/h14-15H,5-13H2,1-4H3,(H2,17,18,19). The zero-order chi connectivity index (χ0) is 16.2. The predicted molar refractivity (Wildman–Crippen MR) is 98.0 cm³/mol. The lowest BCUT2D eigenvalue weighted by Gasteiger charge is -2.19. The number of rotatable bonds is 10. The molecule has 1 rings (SSSR count). The maximum absolute atomic E-state index is 5.81. The highest BCUT2D eigenvalue weighted by atomic mass is 32.2. The Labute approximate surface area is 140 Å². The molecule has 1 aliphatic rings. The van der Waals surface area contributed by atoms with Crippen molar-refractivity contribution in [2.45, 2.75) is 44.5 Å². The largest absolute Gasteiger partial charge is 0.377 e. The van der Waals surface area contributed by atoms with Crippen LogP contribution in [0.5, 0.6) is 0 Å². The van der Waals surface area contributed by atoms with Crippen molar-refractivity contribution in [3.05, 3.63) is 0 Å². The molecule has 0 amide bonds. The molecule has 0 saturated carbocycles. The summed E-state index contributed by atoms with van der Waals surface area (Å²) in [6, 6.07) is 0. The lowest BCUT2D eigenvalue weighted by atomic mass is 10.2. The van der Waals surface area contributed by atoms with E-state index in [2.05, 4.69) is 48.3 Å². The Hall–Kier alpha value is -0.460. The second-order valence-corrected chi connectivity index (χ2v) is 7.31. The number of aliphatic imine (C=N–C) groups is 1. The second kappa shape index (κ2) is 12.0. The van der Waals surface area contributed by atoms with E-state index in [1.165, 1.54) is 18.6 Å². The highest BCUT2D eigenvalue weighted by Crippen LogP contribution is 2.25. The Morgan fingerprint density at radius 1 is 1.36 bits per heavy atom. The van der Waals surface area contributed by atoms with E-state index in [0.29, 0.717) is 0 Å². The normalized spacial score (nSPS) is 20.4. The van der Waals surface area contributed by atoms with Gasteiger partial charge in [-0.1, -0.05) is 0 Å². The third kappa shape index (κ3) is 8.86. The van der Waals surface area contributed by atoms with Crippen LogP contribution in [0.25, 0.3) is 0 Å². The average Bonchev–Trinajstić information content (AvgIpc) is 3.00. The van der Waals surface area contributed by atoms with Crippen LogP contribution in [0, 0.1) is 0 Å². The van der Waals surface area contributed by atoms with Gasteiger partial charge in [0.05, 0.1) is 12.6 Å². The van der Waals surface area contributed by atoms with Gasteiger partial charge in [0.25, 0.3) is 0 Å². The summed E-state index contributed by atoms with van der Waals surface area (Å²) >= 11 is 2.07. The minimum Gasteiger partial charge on any atom is -0.377 e. The van der Waals surface area contributed by atoms with Crippen LogP contribution < -0.4 is 10.6 Å². The van der Waals surface area contributed by atoms with Crippen molar-refractivity contribution in [1.29, 1.82) is 0 Å². The smallest absolute Gasteiger partial charge is 0.191 e. The van der Waals surface area contributed by atoms with Gasteiger partial charge in [-0.05, 0) is 53.0 Å². The van der Waals surface area contributed by atoms with Gasteiger partial charge in [0.2, 0.25) is 0 Å². The van der Waals surface area contributed by atoms with E-state index >= 15 is 0 Å². The van der Waals surface area contributed by atoms with Gasteiger partial charge in [-0.25, -0.2) is 0 Å². The van der Waals surface area contributed by atoms with Gasteiger partial charge in [-0.3, -0.25) is 4.99 Å². The quantitative estimate of drug-likeness (QED) is 0.472. The molecule has 130 valence electrons. The van der Waals surface area contributed by atoms with Crippen LogP contribution in [-0.2, 0) is 4.74 Å². The fourth-order valence-electron chi connectivity index (χ4n) is 2.42. The molecule has 0 spiro atoms. The SMILES string of the molecule is CCNC(=NCC(CCN(C)C)OCC)NCC1CCCS1. The van der Waals surface area contributed by atoms with Crippen LogP contribution in [-0.4, -0.2) is 74.8 Å². The van der Waals surface area contributed by atoms with E-state index in [1.807, 2.05) is 6.92 Å². The first-order chi connectivity index (χ1) is 10.7. The first-order valence-corrected chi connectivity index (χ1v) is 9.60. The maximum atomic E-state index is 5.81. The molecule has 1 aliphatic heterocycles. The van der Waals surface area contributed by atoms with Crippen LogP contribution in [0.4, 0.5) is 0 Å². The topological polar surface area (TPSA) is 48.9 Å². The highest BCUT2D eigenvalue weighted by molar-refractivity contribution is 8.00. The molecule has 0 bridgehead atoms. The average molecular weight is 331 g/mol. The van der Waals surface area contributed by atoms with Gasteiger partial charge in [0, 0.05) is 31.5 Å². The molecule has 0 radical (unpaired) electrons. The second-order valence-electron chi connectivity index (χ2n) is 5.90. The van der Waals surface area contributed by atoms with Crippen molar-refractivity contribution in [3.63, 3.8) is 0 Å². The van der Waals surface area contributed by atoms with Gasteiger partial charge in [0.15, 0.2) is 5.96 Å². The number of hydrogen-bond acceptors (Lipinski definition) is 4. The molecule has 1 saturated heterocycles. The van der Waals surface area contributed by atoms with Crippen molar-refractivity contribution >= 4 is 17.7 Å². The maximum Gasteiger partial charge on any atom is 0.191 e. The number of nitrogens with one attached hydrogen (secondary N) is 2. The third-order valence-corrected chi connectivity index (χ3v) is 5.02. The van der Waals surface area contributed by atoms with Gasteiger partial charge in [0.1, 0.15) is 0 Å². The zero-order valence-electron chi connectivity index (χ0n) is 14.7. The number of ether oxygens (including phenoxy) is 1. The minimum atomic E-state index is 0.198. The van der Waals surface area contributed by atoms with Crippen LogP contribution in [0.3, 0.4) is 0 Å². The van der Waals surface area contributed by atoms with E-state index in [-0.39, 0.29) is 6.10 Å². The van der Waals surface area contributed by atoms with Crippen molar-refractivity contribution in [2.24, 2.45) is 4.99 Å². The predicted octanol–water partition coefficient (Wildman–Crippen LogP) is 1.79. The van der Waals surface area contributed by atoms with E-state index in [1.54, 1.807) is 0 Å². The van der Waals surface area contributed by atoms with Gasteiger partial charge in [-0.2, -0.15) is 11.8 Å². The van der Waals surface area contributed by atoms with Crippen molar-refractivity contribution in [1.82, 2.24) is 15.5 Å². The summed E-state index contributed by atoms with van der Waals surface area (Å²) in [5.74, 6) is 2.22. The molecule has 0 aromatic heterocycles. The van der Waals surface area contributed by atoms with Crippen LogP contribution in [0.2, 0.25) is 0 Å². The minimum absolute atomic E-state index is 0.198. The van der Waals surface area contributed by atoms with Gasteiger partial charge < -0.3 is 20.3 Å². The molecule has 2 N–H and O–H groups in total. The Morgan fingerprint density at radius 3 is 2.77 bits per heavy atom. The van der Waals surface area contributed by atoms with E-state index in [9.17, 15) is 0 Å². The summed E-state index contributed by atoms with van der Waals surface area (Å²) in [5.41, 5.74) is 0. The fourth-order valence-corrected chi connectivity index (χ4v) is 3.62. The molecule has 2 unspecified atom stereocenters. The molecule has 0 aromatic carbocycles. The summed E-state index contributed by atoms with van der Waals surface area (Å²) in [6.07, 6.45) is 3.88. The van der Waals surface area contributed by atoms with Crippen LogP contribution >= 0.6 is 11.8 Å². The molecule has 1 fully saturated rings. The Morgan fingerprint density at radius 2 is 2.18 bits per heavy atom. The van der Waals surface area contributed by atoms with E-state index in [4.69, 9.17) is 9.73 Å². The molecule has 5 nitrogen and oxygen atoms in total. The Kier molecular flexibility index (Phi) is 10.7. The molecule has 0 aromatic rings. The van der Waals surface area contributed by atoms with Crippen LogP contribution in [0.1, 0.15) is 33.1 Å². The van der Waals surface area contributed by atoms with Crippen molar-refractivity contribution in [3.8, 4) is 0 Å². The first-order valence-electron chi connectivity index (χ1n) is 8.55. The Bertz CT molecular complexity index is 307. The molecular weight excluding hydrogens is 296 g/mol. The summed E-state index contributed by atoms with van der Waals surface area (Å²) in [5, 5.41) is 7.55. The van der Waals surface area contributed by atoms with Crippen LogP contribution in [0.15, 0.2) is 4.99 Å². The monoisotopic (exact) mass is 330 g/mol. The number of guanidine groups is 1. The number of hydrogen-bond donors (Lipinski definition) is 2. The molecule has 2 atom stereocenters. The number of nitrogens with zero attached hydrogens (tertiary/aromatic N) is 2. The summed E-state index contributed by atoms with van der Waals surface area (Å²) in [6.45, 7) is 8.54. The molecule has 0 aliphatic carbocycles. The highest BCUT2D eigenvalue weighted by Gasteiger charge is 2.16. The molecule has 6 heteroatoms. The molecular formula is C16H34N4OS. The number of thioether (sulfide) groups is 1. The first kappa shape index (κ1) is 19.6. The third-order valence-electron chi connectivity index (χ3n) is 3.62. The summed E-state index contributed by atoms with van der Waals surface area (Å²) < 4.78 is 5.81. The summed E-state index contributed by atoms with van der Waals surface area (Å²) in [7, 11) is 4.19. The van der Waals surface area contributed by atoms with Crippen molar-refractivity contribution < 1.29 is 4.74 Å². The summed E-state index contributed by atoms with van der Waals surface area (Å²) in [4.78, 5) is 6.90. The molecule has 1 heterocycles. The Balaban J connectivity index is 2.41. The molecule has 22 heavy (non-hydrogen) atoms. The van der Waals surface area contributed by atoms with E-state index < -0.39 is 0 Å². The van der Waals surface area contributed by atoms with Gasteiger partial charge >= 0.3 is 0 Å². The van der Waals surface area contributed by atoms with E-state index in [0.717, 1.165) is 50.4 Å².